The van der Waals surface area contributed by atoms with E-state index < -0.39 is 0 Å². The van der Waals surface area contributed by atoms with E-state index in [-0.39, 0.29) is 0 Å². The lowest BCUT2D eigenvalue weighted by molar-refractivity contribution is 0.302. The quantitative estimate of drug-likeness (QED) is 0.906. The van der Waals surface area contributed by atoms with Gasteiger partial charge in [-0.3, -0.25) is 4.98 Å². The standard InChI is InChI=1S/C15H21N5/c16-6-9-19-7-3-8-20(11-10-19)15-12-17-13-4-1-2-5-14(13)18-15/h1-2,4-5,12H,3,6-11,16H2. The number of benzene rings is 1. The van der Waals surface area contributed by atoms with E-state index in [2.05, 4.69) is 14.8 Å². The summed E-state index contributed by atoms with van der Waals surface area (Å²) in [6.07, 6.45) is 3.04. The maximum Gasteiger partial charge on any atom is 0.147 e. The SMILES string of the molecule is NCCN1CCCN(c2cnc3ccccc3n2)CC1. The van der Waals surface area contributed by atoms with Crippen molar-refractivity contribution >= 4 is 16.9 Å². The molecule has 1 aliphatic heterocycles. The van der Waals surface area contributed by atoms with Gasteiger partial charge in [0.05, 0.1) is 17.2 Å². The maximum absolute atomic E-state index is 5.64. The van der Waals surface area contributed by atoms with E-state index in [0.29, 0.717) is 0 Å². The Kier molecular flexibility index (Phi) is 4.08. The summed E-state index contributed by atoms with van der Waals surface area (Å²) in [5, 5.41) is 0. The third-order valence-corrected chi connectivity index (χ3v) is 3.79. The van der Waals surface area contributed by atoms with E-state index in [1.807, 2.05) is 30.5 Å². The van der Waals surface area contributed by atoms with Crippen LogP contribution in [-0.4, -0.2) is 54.1 Å². The molecule has 0 amide bonds. The van der Waals surface area contributed by atoms with Crippen molar-refractivity contribution < 1.29 is 0 Å². The Morgan fingerprint density at radius 3 is 2.75 bits per heavy atom. The molecule has 5 heteroatoms. The van der Waals surface area contributed by atoms with Gasteiger partial charge in [-0.1, -0.05) is 12.1 Å². The fraction of sp³-hybridized carbons (Fsp3) is 0.467. The molecule has 2 N–H and O–H groups in total. The van der Waals surface area contributed by atoms with Crippen LogP contribution in [-0.2, 0) is 0 Å². The highest BCUT2D eigenvalue weighted by molar-refractivity contribution is 5.75. The lowest BCUT2D eigenvalue weighted by Crippen LogP contribution is -2.34. The third-order valence-electron chi connectivity index (χ3n) is 3.79. The molecule has 3 rings (SSSR count). The molecule has 2 aromatic rings. The Hall–Kier alpha value is -1.72. The summed E-state index contributed by atoms with van der Waals surface area (Å²) in [5.41, 5.74) is 7.56. The van der Waals surface area contributed by atoms with Gasteiger partial charge in [-0.05, 0) is 25.1 Å². The van der Waals surface area contributed by atoms with Gasteiger partial charge in [0, 0.05) is 32.7 Å². The molecular formula is C15H21N5. The third kappa shape index (κ3) is 2.89. The topological polar surface area (TPSA) is 58.3 Å². The van der Waals surface area contributed by atoms with Gasteiger partial charge in [-0.2, -0.15) is 0 Å². The summed E-state index contributed by atoms with van der Waals surface area (Å²) < 4.78 is 0. The molecule has 20 heavy (non-hydrogen) atoms. The van der Waals surface area contributed by atoms with Crippen LogP contribution in [0.5, 0.6) is 0 Å². The average Bonchev–Trinajstić information content (AvgIpc) is 2.73. The lowest BCUT2D eigenvalue weighted by Gasteiger charge is -2.22. The van der Waals surface area contributed by atoms with Crippen LogP contribution in [0.1, 0.15) is 6.42 Å². The Balaban J connectivity index is 1.77. The first kappa shape index (κ1) is 13.3. The van der Waals surface area contributed by atoms with Crippen molar-refractivity contribution in [2.45, 2.75) is 6.42 Å². The number of hydrogen-bond donors (Lipinski definition) is 1. The Bertz CT molecular complexity index is 571. The molecule has 1 aliphatic rings. The van der Waals surface area contributed by atoms with Gasteiger partial charge in [-0.15, -0.1) is 0 Å². The molecule has 1 aromatic heterocycles. The Morgan fingerprint density at radius 1 is 1.05 bits per heavy atom. The summed E-state index contributed by atoms with van der Waals surface area (Å²) in [6.45, 7) is 5.91. The zero-order valence-corrected chi connectivity index (χ0v) is 11.7. The molecule has 106 valence electrons. The molecule has 0 atom stereocenters. The lowest BCUT2D eigenvalue weighted by atomic mass is 10.3. The van der Waals surface area contributed by atoms with E-state index >= 15 is 0 Å². The number of para-hydroxylation sites is 2. The van der Waals surface area contributed by atoms with Crippen molar-refractivity contribution in [2.75, 3.05) is 44.2 Å². The Labute approximate surface area is 119 Å². The minimum absolute atomic E-state index is 0.732. The van der Waals surface area contributed by atoms with Crippen LogP contribution in [0.2, 0.25) is 0 Å². The molecular weight excluding hydrogens is 250 g/mol. The van der Waals surface area contributed by atoms with Crippen LogP contribution in [0.4, 0.5) is 5.82 Å². The van der Waals surface area contributed by atoms with Gasteiger partial charge in [0.2, 0.25) is 0 Å². The summed E-state index contributed by atoms with van der Waals surface area (Å²) in [7, 11) is 0. The number of hydrogen-bond acceptors (Lipinski definition) is 5. The molecule has 0 aliphatic carbocycles. The minimum Gasteiger partial charge on any atom is -0.354 e. The highest BCUT2D eigenvalue weighted by atomic mass is 15.2. The predicted molar refractivity (Wildman–Crippen MR) is 81.9 cm³/mol. The molecule has 1 saturated heterocycles. The largest absolute Gasteiger partial charge is 0.354 e. The summed E-state index contributed by atoms with van der Waals surface area (Å²) in [5.74, 6) is 0.985. The first-order chi connectivity index (χ1) is 9.86. The average molecular weight is 271 g/mol. The van der Waals surface area contributed by atoms with Crippen LogP contribution in [0, 0.1) is 0 Å². The normalized spacial score (nSPS) is 17.4. The van der Waals surface area contributed by atoms with Crippen LogP contribution in [0.15, 0.2) is 30.5 Å². The number of rotatable bonds is 3. The van der Waals surface area contributed by atoms with Crippen molar-refractivity contribution in [1.29, 1.82) is 0 Å². The minimum atomic E-state index is 0.732. The molecule has 2 heterocycles. The molecule has 5 nitrogen and oxygen atoms in total. The van der Waals surface area contributed by atoms with Crippen LogP contribution < -0.4 is 10.6 Å². The number of nitrogens with two attached hydrogens (primary N) is 1. The van der Waals surface area contributed by atoms with Crippen molar-refractivity contribution in [3.63, 3.8) is 0 Å². The van der Waals surface area contributed by atoms with Crippen LogP contribution in [0.3, 0.4) is 0 Å². The molecule has 0 spiro atoms. The van der Waals surface area contributed by atoms with Gasteiger partial charge in [0.25, 0.3) is 0 Å². The fourth-order valence-electron chi connectivity index (χ4n) is 2.71. The van der Waals surface area contributed by atoms with Crippen LogP contribution in [0.25, 0.3) is 11.0 Å². The molecule has 1 aromatic carbocycles. The van der Waals surface area contributed by atoms with E-state index in [4.69, 9.17) is 10.7 Å². The second-order valence-corrected chi connectivity index (χ2v) is 5.19. The van der Waals surface area contributed by atoms with Gasteiger partial charge < -0.3 is 15.5 Å². The van der Waals surface area contributed by atoms with Gasteiger partial charge >= 0.3 is 0 Å². The van der Waals surface area contributed by atoms with Crippen molar-refractivity contribution in [3.05, 3.63) is 30.5 Å². The van der Waals surface area contributed by atoms with Gasteiger partial charge in [0.1, 0.15) is 5.82 Å². The second-order valence-electron chi connectivity index (χ2n) is 5.19. The Morgan fingerprint density at radius 2 is 1.90 bits per heavy atom. The maximum atomic E-state index is 5.64. The predicted octanol–water partition coefficient (Wildman–Crippen LogP) is 1.10. The van der Waals surface area contributed by atoms with Crippen molar-refractivity contribution in [3.8, 4) is 0 Å². The van der Waals surface area contributed by atoms with Gasteiger partial charge in [0.15, 0.2) is 0 Å². The first-order valence-corrected chi connectivity index (χ1v) is 7.26. The zero-order chi connectivity index (χ0) is 13.8. The fourth-order valence-corrected chi connectivity index (χ4v) is 2.71. The van der Waals surface area contributed by atoms with Crippen LogP contribution >= 0.6 is 0 Å². The molecule has 0 saturated carbocycles. The number of nitrogens with zero attached hydrogens (tertiary/aromatic N) is 4. The van der Waals surface area contributed by atoms with E-state index in [1.54, 1.807) is 0 Å². The van der Waals surface area contributed by atoms with E-state index in [1.165, 1.54) is 0 Å². The van der Waals surface area contributed by atoms with Gasteiger partial charge in [-0.25, -0.2) is 4.98 Å². The monoisotopic (exact) mass is 271 g/mol. The number of fused-ring (bicyclic) bond motifs is 1. The highest BCUT2D eigenvalue weighted by Gasteiger charge is 2.15. The summed E-state index contributed by atoms with van der Waals surface area (Å²) in [4.78, 5) is 14.0. The molecule has 0 radical (unpaired) electrons. The van der Waals surface area contributed by atoms with Crippen molar-refractivity contribution in [1.82, 2.24) is 14.9 Å². The van der Waals surface area contributed by atoms with Crippen molar-refractivity contribution in [2.24, 2.45) is 5.73 Å². The number of aromatic nitrogens is 2. The van der Waals surface area contributed by atoms with E-state index in [0.717, 1.165) is 62.5 Å². The smallest absolute Gasteiger partial charge is 0.147 e. The van der Waals surface area contributed by atoms with E-state index in [9.17, 15) is 0 Å². The molecule has 1 fully saturated rings. The number of anilines is 1. The summed E-state index contributed by atoms with van der Waals surface area (Å²) >= 11 is 0. The molecule has 0 unspecified atom stereocenters. The molecule has 0 bridgehead atoms. The zero-order valence-electron chi connectivity index (χ0n) is 11.7. The highest BCUT2D eigenvalue weighted by Crippen LogP contribution is 2.16. The summed E-state index contributed by atoms with van der Waals surface area (Å²) in [6, 6.07) is 8.02. The first-order valence-electron chi connectivity index (χ1n) is 7.26. The second kappa shape index (κ2) is 6.15.